The molecule has 0 aliphatic heterocycles. The fraction of sp³-hybridized carbons (Fsp3) is 0.167. The lowest BCUT2D eigenvalue weighted by molar-refractivity contribution is 0.0692. The number of hydrogen-bond donors (Lipinski definition) is 1. The molecule has 0 atom stereocenters. The number of ether oxygens (including phenoxy) is 1. The van der Waals surface area contributed by atoms with E-state index < -0.39 is 5.97 Å². The smallest absolute Gasteiger partial charge is 0.356 e. The van der Waals surface area contributed by atoms with Crippen molar-refractivity contribution in [1.29, 1.82) is 0 Å². The molecule has 0 aliphatic carbocycles. The first-order valence-corrected chi connectivity index (χ1v) is 6.68. The molecule has 0 unspecified atom stereocenters. The van der Waals surface area contributed by atoms with Crippen molar-refractivity contribution in [3.05, 3.63) is 33.4 Å². The molecule has 6 heteroatoms. The second kappa shape index (κ2) is 5.07. The summed E-state index contributed by atoms with van der Waals surface area (Å²) in [6.45, 7) is 1.78. The number of benzene rings is 1. The molecule has 0 amide bonds. The average Bonchev–Trinajstić information content (AvgIpc) is 2.71. The van der Waals surface area contributed by atoms with Gasteiger partial charge in [0.25, 0.3) is 0 Å². The lowest BCUT2D eigenvalue weighted by Crippen LogP contribution is -1.99. The van der Waals surface area contributed by atoms with Crippen molar-refractivity contribution in [2.75, 3.05) is 7.11 Å². The largest absolute Gasteiger partial charge is 0.496 e. The lowest BCUT2D eigenvalue weighted by Gasteiger charge is -2.07. The Kier molecular flexibility index (Phi) is 3.68. The molecule has 4 nitrogen and oxygen atoms in total. The summed E-state index contributed by atoms with van der Waals surface area (Å²) in [4.78, 5) is 15.8. The monoisotopic (exact) mass is 327 g/mol. The molecule has 2 aromatic rings. The van der Waals surface area contributed by atoms with E-state index in [0.29, 0.717) is 15.6 Å². The zero-order valence-electron chi connectivity index (χ0n) is 9.73. The van der Waals surface area contributed by atoms with Crippen LogP contribution in [0, 0.1) is 6.92 Å². The van der Waals surface area contributed by atoms with Crippen molar-refractivity contribution in [1.82, 2.24) is 4.98 Å². The fourth-order valence-electron chi connectivity index (χ4n) is 1.61. The van der Waals surface area contributed by atoms with Crippen LogP contribution in [0.5, 0.6) is 5.75 Å². The van der Waals surface area contributed by atoms with Gasteiger partial charge in [0.15, 0.2) is 5.69 Å². The molecule has 1 aromatic heterocycles. The van der Waals surface area contributed by atoms with E-state index in [1.165, 1.54) is 11.3 Å². The summed E-state index contributed by atoms with van der Waals surface area (Å²) in [5.41, 5.74) is 0.795. The maximum absolute atomic E-state index is 11.2. The highest BCUT2D eigenvalue weighted by atomic mass is 79.9. The van der Waals surface area contributed by atoms with Crippen LogP contribution in [-0.2, 0) is 0 Å². The van der Waals surface area contributed by atoms with E-state index in [4.69, 9.17) is 9.84 Å². The fourth-order valence-corrected chi connectivity index (χ4v) is 2.90. The van der Waals surface area contributed by atoms with Crippen LogP contribution in [0.2, 0.25) is 0 Å². The minimum Gasteiger partial charge on any atom is -0.496 e. The SMILES string of the molecule is COc1ccc(Br)cc1-c1sc(C)nc1C(=O)O. The molecule has 0 bridgehead atoms. The Bertz CT molecular complexity index is 609. The third kappa shape index (κ3) is 2.39. The number of carboxylic acids is 1. The first kappa shape index (κ1) is 13.0. The Morgan fingerprint density at radius 1 is 1.50 bits per heavy atom. The Labute approximate surface area is 116 Å². The highest BCUT2D eigenvalue weighted by molar-refractivity contribution is 9.10. The normalized spacial score (nSPS) is 10.4. The van der Waals surface area contributed by atoms with Gasteiger partial charge in [-0.1, -0.05) is 15.9 Å². The van der Waals surface area contributed by atoms with E-state index in [-0.39, 0.29) is 5.69 Å². The number of aromatic nitrogens is 1. The van der Waals surface area contributed by atoms with Gasteiger partial charge in [0.1, 0.15) is 5.75 Å². The minimum absolute atomic E-state index is 0.0638. The predicted octanol–water partition coefficient (Wildman–Crippen LogP) is 3.59. The first-order valence-electron chi connectivity index (χ1n) is 5.07. The second-order valence-corrected chi connectivity index (χ2v) is 5.68. The van der Waals surface area contributed by atoms with Crippen LogP contribution < -0.4 is 4.74 Å². The molecule has 0 spiro atoms. The zero-order chi connectivity index (χ0) is 13.3. The number of halogens is 1. The summed E-state index contributed by atoms with van der Waals surface area (Å²) in [5.74, 6) is -0.402. The van der Waals surface area contributed by atoms with Crippen molar-refractivity contribution in [3.63, 3.8) is 0 Å². The molecule has 2 rings (SSSR count). The molecule has 0 saturated carbocycles. The van der Waals surface area contributed by atoms with Crippen LogP contribution in [-0.4, -0.2) is 23.2 Å². The summed E-state index contributed by atoms with van der Waals surface area (Å²) in [7, 11) is 1.56. The summed E-state index contributed by atoms with van der Waals surface area (Å²) >= 11 is 4.71. The minimum atomic E-state index is -1.03. The topological polar surface area (TPSA) is 59.4 Å². The van der Waals surface area contributed by atoms with Gasteiger partial charge in [-0.05, 0) is 25.1 Å². The summed E-state index contributed by atoms with van der Waals surface area (Å²) in [5, 5.41) is 9.88. The van der Waals surface area contributed by atoms with E-state index in [1.54, 1.807) is 20.1 Å². The molecular weight excluding hydrogens is 318 g/mol. The van der Waals surface area contributed by atoms with Gasteiger partial charge in [0.2, 0.25) is 0 Å². The molecule has 0 fully saturated rings. The Hall–Kier alpha value is -1.40. The van der Waals surface area contributed by atoms with Crippen LogP contribution in [0.3, 0.4) is 0 Å². The van der Waals surface area contributed by atoms with Gasteiger partial charge in [-0.15, -0.1) is 11.3 Å². The highest BCUT2D eigenvalue weighted by Gasteiger charge is 2.20. The number of carbonyl (C=O) groups is 1. The lowest BCUT2D eigenvalue weighted by atomic mass is 10.1. The number of rotatable bonds is 3. The van der Waals surface area contributed by atoms with Gasteiger partial charge in [-0.2, -0.15) is 0 Å². The third-order valence-corrected chi connectivity index (χ3v) is 3.84. The van der Waals surface area contributed by atoms with Crippen molar-refractivity contribution >= 4 is 33.2 Å². The molecular formula is C12H10BrNO3S. The molecule has 0 aliphatic rings. The van der Waals surface area contributed by atoms with Gasteiger partial charge in [-0.3, -0.25) is 0 Å². The molecule has 0 radical (unpaired) electrons. The number of nitrogens with zero attached hydrogens (tertiary/aromatic N) is 1. The Morgan fingerprint density at radius 3 is 2.83 bits per heavy atom. The number of aromatic carboxylic acids is 1. The third-order valence-electron chi connectivity index (χ3n) is 2.34. The van der Waals surface area contributed by atoms with Gasteiger partial charge in [0, 0.05) is 10.0 Å². The van der Waals surface area contributed by atoms with Crippen molar-refractivity contribution < 1.29 is 14.6 Å². The zero-order valence-corrected chi connectivity index (χ0v) is 12.1. The number of hydrogen-bond acceptors (Lipinski definition) is 4. The molecule has 1 aromatic carbocycles. The number of carboxylic acid groups (broad SMARTS) is 1. The van der Waals surface area contributed by atoms with E-state index in [0.717, 1.165) is 10.0 Å². The average molecular weight is 328 g/mol. The number of thiazole rings is 1. The van der Waals surface area contributed by atoms with E-state index in [9.17, 15) is 4.79 Å². The van der Waals surface area contributed by atoms with E-state index in [2.05, 4.69) is 20.9 Å². The van der Waals surface area contributed by atoms with Gasteiger partial charge in [0.05, 0.1) is 17.0 Å². The number of methoxy groups -OCH3 is 1. The molecule has 1 heterocycles. The summed E-state index contributed by atoms with van der Waals surface area (Å²) < 4.78 is 6.13. The van der Waals surface area contributed by atoms with Crippen molar-refractivity contribution in [3.8, 4) is 16.2 Å². The molecule has 94 valence electrons. The van der Waals surface area contributed by atoms with Crippen LogP contribution in [0.15, 0.2) is 22.7 Å². The number of aryl methyl sites for hydroxylation is 1. The molecule has 0 saturated heterocycles. The van der Waals surface area contributed by atoms with Crippen LogP contribution in [0.1, 0.15) is 15.5 Å². The van der Waals surface area contributed by atoms with Crippen LogP contribution in [0.25, 0.3) is 10.4 Å². The van der Waals surface area contributed by atoms with E-state index >= 15 is 0 Å². The molecule has 1 N–H and O–H groups in total. The Balaban J connectivity index is 2.68. The van der Waals surface area contributed by atoms with Crippen molar-refractivity contribution in [2.24, 2.45) is 0 Å². The quantitative estimate of drug-likeness (QED) is 0.935. The van der Waals surface area contributed by atoms with E-state index in [1.807, 2.05) is 12.1 Å². The standard InChI is InChI=1S/C12H10BrNO3S/c1-6-14-10(12(15)16)11(18-6)8-5-7(13)3-4-9(8)17-2/h3-5H,1-2H3,(H,15,16). The van der Waals surface area contributed by atoms with Crippen molar-refractivity contribution in [2.45, 2.75) is 6.92 Å². The Morgan fingerprint density at radius 2 is 2.22 bits per heavy atom. The van der Waals surface area contributed by atoms with Gasteiger partial charge >= 0.3 is 5.97 Å². The van der Waals surface area contributed by atoms with Crippen LogP contribution in [0.4, 0.5) is 0 Å². The summed E-state index contributed by atoms with van der Waals surface area (Å²) in [6.07, 6.45) is 0. The van der Waals surface area contributed by atoms with Gasteiger partial charge in [-0.25, -0.2) is 9.78 Å². The maximum Gasteiger partial charge on any atom is 0.356 e. The first-order chi connectivity index (χ1) is 8.52. The predicted molar refractivity (Wildman–Crippen MR) is 73.5 cm³/mol. The maximum atomic E-state index is 11.2. The van der Waals surface area contributed by atoms with Gasteiger partial charge < -0.3 is 9.84 Å². The summed E-state index contributed by atoms with van der Waals surface area (Å²) in [6, 6.07) is 5.47. The molecule has 18 heavy (non-hydrogen) atoms. The van der Waals surface area contributed by atoms with Crippen LogP contribution >= 0.6 is 27.3 Å². The second-order valence-electron chi connectivity index (χ2n) is 3.56. The highest BCUT2D eigenvalue weighted by Crippen LogP contribution is 2.38.